The summed E-state index contributed by atoms with van der Waals surface area (Å²) in [6.07, 6.45) is 0. The Hall–Kier alpha value is -3.29. The van der Waals surface area contributed by atoms with E-state index in [9.17, 15) is 14.4 Å². The van der Waals surface area contributed by atoms with Crippen LogP contribution in [-0.4, -0.2) is 38.3 Å². The van der Waals surface area contributed by atoms with Gasteiger partial charge >= 0.3 is 5.97 Å². The van der Waals surface area contributed by atoms with Crippen molar-refractivity contribution in [2.24, 2.45) is 0 Å². The van der Waals surface area contributed by atoms with Crippen molar-refractivity contribution in [3.05, 3.63) is 57.1 Å². The van der Waals surface area contributed by atoms with Gasteiger partial charge in [0.15, 0.2) is 5.78 Å². The van der Waals surface area contributed by atoms with Crippen LogP contribution in [0.25, 0.3) is 10.9 Å². The van der Waals surface area contributed by atoms with Gasteiger partial charge in [-0.2, -0.15) is 0 Å². The van der Waals surface area contributed by atoms with Crippen LogP contribution in [-0.2, 0) is 11.3 Å². The fourth-order valence-corrected chi connectivity index (χ4v) is 2.93. The third-order valence-corrected chi connectivity index (χ3v) is 4.06. The molecule has 0 aliphatic heterocycles. The number of carbonyl (C=O) groups is 2. The molecular formula is C18H18N4O4. The summed E-state index contributed by atoms with van der Waals surface area (Å²) in [6.45, 7) is 4.96. The van der Waals surface area contributed by atoms with Gasteiger partial charge < -0.3 is 9.72 Å². The van der Waals surface area contributed by atoms with E-state index in [1.807, 2.05) is 0 Å². The molecule has 0 saturated carbocycles. The lowest BCUT2D eigenvalue weighted by molar-refractivity contribution is 0.0522. The average Bonchev–Trinajstić information content (AvgIpc) is 2.92. The molecule has 26 heavy (non-hydrogen) atoms. The molecule has 0 bridgehead atoms. The lowest BCUT2D eigenvalue weighted by Gasteiger charge is -2.07. The van der Waals surface area contributed by atoms with E-state index in [1.54, 1.807) is 45.0 Å². The SMILES string of the molecule is CCOC(=O)c1c(C)[nH]c(C)c1C(=O)Cn1nnc2ccccc2c1=O. The van der Waals surface area contributed by atoms with Crippen LogP contribution in [0, 0.1) is 13.8 Å². The number of fused-ring (bicyclic) bond motifs is 1. The van der Waals surface area contributed by atoms with E-state index in [0.29, 0.717) is 22.3 Å². The number of hydrogen-bond acceptors (Lipinski definition) is 6. The molecule has 3 rings (SSSR count). The highest BCUT2D eigenvalue weighted by Crippen LogP contribution is 2.20. The van der Waals surface area contributed by atoms with E-state index in [0.717, 1.165) is 4.68 Å². The van der Waals surface area contributed by atoms with Crippen LogP contribution < -0.4 is 5.56 Å². The molecule has 1 aromatic carbocycles. The average molecular weight is 354 g/mol. The number of H-pyrrole nitrogens is 1. The Morgan fingerprint density at radius 3 is 2.58 bits per heavy atom. The van der Waals surface area contributed by atoms with Crippen LogP contribution in [0.2, 0.25) is 0 Å². The summed E-state index contributed by atoms with van der Waals surface area (Å²) in [6, 6.07) is 6.77. The van der Waals surface area contributed by atoms with E-state index >= 15 is 0 Å². The summed E-state index contributed by atoms with van der Waals surface area (Å²) in [5.41, 5.74) is 1.53. The van der Waals surface area contributed by atoms with Crippen LogP contribution in [0.4, 0.5) is 0 Å². The van der Waals surface area contributed by atoms with Gasteiger partial charge in [0.2, 0.25) is 0 Å². The highest BCUT2D eigenvalue weighted by molar-refractivity contribution is 6.08. The van der Waals surface area contributed by atoms with Crippen molar-refractivity contribution < 1.29 is 14.3 Å². The summed E-state index contributed by atoms with van der Waals surface area (Å²) < 4.78 is 6.04. The minimum Gasteiger partial charge on any atom is -0.462 e. The predicted molar refractivity (Wildman–Crippen MR) is 94.4 cm³/mol. The number of hydrogen-bond donors (Lipinski definition) is 1. The second-order valence-electron chi connectivity index (χ2n) is 5.84. The maximum atomic E-state index is 12.8. The fraction of sp³-hybridized carbons (Fsp3) is 0.278. The van der Waals surface area contributed by atoms with Gasteiger partial charge in [0, 0.05) is 11.4 Å². The van der Waals surface area contributed by atoms with Gasteiger partial charge in [-0.05, 0) is 32.9 Å². The summed E-state index contributed by atoms with van der Waals surface area (Å²) in [4.78, 5) is 40.5. The number of aromatic nitrogens is 4. The molecule has 2 aromatic heterocycles. The highest BCUT2D eigenvalue weighted by Gasteiger charge is 2.26. The standard InChI is InChI=1S/C18H18N4O4/c1-4-26-18(25)16-11(3)19-10(2)15(16)14(23)9-22-17(24)12-7-5-6-8-13(12)20-21-22/h5-8,19H,4,9H2,1-3H3. The van der Waals surface area contributed by atoms with Gasteiger partial charge in [0.25, 0.3) is 5.56 Å². The molecule has 0 saturated heterocycles. The van der Waals surface area contributed by atoms with E-state index in [1.165, 1.54) is 0 Å². The minimum absolute atomic E-state index is 0.191. The molecule has 0 amide bonds. The van der Waals surface area contributed by atoms with Crippen LogP contribution in [0.3, 0.4) is 0 Å². The van der Waals surface area contributed by atoms with Crippen molar-refractivity contribution in [2.45, 2.75) is 27.3 Å². The Balaban J connectivity index is 2.00. The predicted octanol–water partition coefficient (Wildman–Crippen LogP) is 1.80. The highest BCUT2D eigenvalue weighted by atomic mass is 16.5. The van der Waals surface area contributed by atoms with Gasteiger partial charge in [-0.15, -0.1) is 5.10 Å². The number of rotatable bonds is 5. The largest absolute Gasteiger partial charge is 0.462 e. The lowest BCUT2D eigenvalue weighted by atomic mass is 10.0. The molecule has 3 aromatic rings. The first-order chi connectivity index (χ1) is 12.4. The number of ketones is 1. The van der Waals surface area contributed by atoms with E-state index in [4.69, 9.17) is 4.74 Å². The van der Waals surface area contributed by atoms with E-state index in [-0.39, 0.29) is 24.3 Å². The zero-order valence-corrected chi connectivity index (χ0v) is 14.7. The number of nitrogens with one attached hydrogen (secondary N) is 1. The number of Topliss-reactive ketones (excluding diaryl/α,β-unsaturated/α-hetero) is 1. The second kappa shape index (κ2) is 6.91. The number of nitrogens with zero attached hydrogens (tertiary/aromatic N) is 3. The Labute approximate surface area is 148 Å². The monoisotopic (exact) mass is 354 g/mol. The molecule has 8 heteroatoms. The van der Waals surface area contributed by atoms with Crippen LogP contribution in [0.5, 0.6) is 0 Å². The Morgan fingerprint density at radius 1 is 1.15 bits per heavy atom. The molecule has 0 spiro atoms. The third-order valence-electron chi connectivity index (χ3n) is 4.06. The third kappa shape index (κ3) is 3.01. The first kappa shape index (κ1) is 17.5. The van der Waals surface area contributed by atoms with Gasteiger partial charge in [-0.3, -0.25) is 9.59 Å². The summed E-state index contributed by atoms with van der Waals surface area (Å²) in [7, 11) is 0. The van der Waals surface area contributed by atoms with Crippen molar-refractivity contribution in [3.63, 3.8) is 0 Å². The first-order valence-electron chi connectivity index (χ1n) is 8.16. The quantitative estimate of drug-likeness (QED) is 0.553. The molecule has 0 fully saturated rings. The number of carbonyl (C=O) groups excluding carboxylic acids is 2. The van der Waals surface area contributed by atoms with E-state index in [2.05, 4.69) is 15.3 Å². The molecule has 0 aliphatic rings. The van der Waals surface area contributed by atoms with Crippen LogP contribution in [0.15, 0.2) is 29.1 Å². The summed E-state index contributed by atoms with van der Waals surface area (Å²) >= 11 is 0. The van der Waals surface area contributed by atoms with Crippen molar-refractivity contribution in [2.75, 3.05) is 6.61 Å². The topological polar surface area (TPSA) is 107 Å². The number of ether oxygens (including phenoxy) is 1. The smallest absolute Gasteiger partial charge is 0.340 e. The van der Waals surface area contributed by atoms with Gasteiger partial charge in [0.05, 0.1) is 23.1 Å². The molecule has 0 unspecified atom stereocenters. The summed E-state index contributed by atoms with van der Waals surface area (Å²) in [5, 5.41) is 8.17. The fourth-order valence-electron chi connectivity index (χ4n) is 2.93. The van der Waals surface area contributed by atoms with Gasteiger partial charge in [0.1, 0.15) is 12.1 Å². The molecule has 0 aliphatic carbocycles. The first-order valence-corrected chi connectivity index (χ1v) is 8.16. The molecule has 2 heterocycles. The number of aromatic amines is 1. The van der Waals surface area contributed by atoms with Crippen LogP contribution in [0.1, 0.15) is 39.0 Å². The zero-order valence-electron chi connectivity index (χ0n) is 14.7. The summed E-state index contributed by atoms with van der Waals surface area (Å²) in [5.74, 6) is -0.990. The van der Waals surface area contributed by atoms with E-state index < -0.39 is 17.3 Å². The second-order valence-corrected chi connectivity index (χ2v) is 5.84. The van der Waals surface area contributed by atoms with Gasteiger partial charge in [-0.1, -0.05) is 17.3 Å². The number of benzene rings is 1. The maximum absolute atomic E-state index is 12.8. The lowest BCUT2D eigenvalue weighted by Crippen LogP contribution is -2.28. The molecule has 134 valence electrons. The maximum Gasteiger partial charge on any atom is 0.340 e. The van der Waals surface area contributed by atoms with Gasteiger partial charge in [-0.25, -0.2) is 9.48 Å². The number of aryl methyl sites for hydroxylation is 2. The van der Waals surface area contributed by atoms with Crippen molar-refractivity contribution in [1.82, 2.24) is 20.0 Å². The number of esters is 1. The normalized spacial score (nSPS) is 10.9. The molecule has 0 radical (unpaired) electrons. The molecule has 8 nitrogen and oxygen atoms in total. The van der Waals surface area contributed by atoms with Crippen molar-refractivity contribution in [3.8, 4) is 0 Å². The molecular weight excluding hydrogens is 336 g/mol. The Kier molecular flexibility index (Phi) is 4.66. The minimum atomic E-state index is -0.574. The Morgan fingerprint density at radius 2 is 1.85 bits per heavy atom. The van der Waals surface area contributed by atoms with Crippen LogP contribution >= 0.6 is 0 Å². The zero-order chi connectivity index (χ0) is 18.8. The van der Waals surface area contributed by atoms with Crippen molar-refractivity contribution >= 4 is 22.7 Å². The Bertz CT molecular complexity index is 1060. The molecule has 1 N–H and O–H groups in total. The molecule has 0 atom stereocenters. The van der Waals surface area contributed by atoms with Crippen molar-refractivity contribution in [1.29, 1.82) is 0 Å².